The minimum atomic E-state index is 0.265. The number of amides is 1. The van der Waals surface area contributed by atoms with Crippen molar-refractivity contribution in [1.29, 1.82) is 0 Å². The minimum Gasteiger partial charge on any atom is -0.493 e. The van der Waals surface area contributed by atoms with Crippen LogP contribution in [0.25, 0.3) is 0 Å². The van der Waals surface area contributed by atoms with Crippen LogP contribution in [0.15, 0.2) is 17.1 Å². The van der Waals surface area contributed by atoms with Crippen molar-refractivity contribution in [1.82, 2.24) is 15.5 Å². The molecule has 0 aliphatic carbocycles. The molecule has 1 fully saturated rings. The number of nitrogens with zero attached hydrogens (tertiary/aromatic N) is 2. The van der Waals surface area contributed by atoms with Gasteiger partial charge in [-0.25, -0.2) is 4.99 Å². The molecular weight excluding hydrogens is 360 g/mol. The zero-order chi connectivity index (χ0) is 20.4. The standard InChI is InChI=1S/C20H32N4O4/c1-5-21-20(22-11-7-13-24-12-6-8-17(24)25)23-14-15-9-10-16(26-2)19(28-4)18(15)27-3/h9-10H,5-8,11-14H2,1-4H3,(H2,21,22,23). The van der Waals surface area contributed by atoms with Crippen molar-refractivity contribution in [3.63, 3.8) is 0 Å². The highest BCUT2D eigenvalue weighted by atomic mass is 16.5. The lowest BCUT2D eigenvalue weighted by Gasteiger charge is -2.17. The predicted octanol–water partition coefficient (Wildman–Crippen LogP) is 1.78. The Balaban J connectivity index is 1.96. The number of ether oxygens (including phenoxy) is 3. The van der Waals surface area contributed by atoms with Crippen molar-refractivity contribution < 1.29 is 19.0 Å². The molecule has 28 heavy (non-hydrogen) atoms. The van der Waals surface area contributed by atoms with Crippen molar-refractivity contribution in [3.8, 4) is 17.2 Å². The molecule has 8 heteroatoms. The third-order valence-corrected chi connectivity index (χ3v) is 4.61. The monoisotopic (exact) mass is 392 g/mol. The second kappa shape index (κ2) is 11.3. The topological polar surface area (TPSA) is 84.4 Å². The van der Waals surface area contributed by atoms with Gasteiger partial charge in [0.25, 0.3) is 0 Å². The third kappa shape index (κ3) is 5.68. The molecule has 1 aliphatic heterocycles. The van der Waals surface area contributed by atoms with Gasteiger partial charge in [0.05, 0.1) is 27.9 Å². The van der Waals surface area contributed by atoms with Crippen LogP contribution in [0.5, 0.6) is 17.2 Å². The third-order valence-electron chi connectivity index (χ3n) is 4.61. The fraction of sp³-hybridized carbons (Fsp3) is 0.600. The number of hydrogen-bond acceptors (Lipinski definition) is 5. The van der Waals surface area contributed by atoms with E-state index in [2.05, 4.69) is 15.6 Å². The van der Waals surface area contributed by atoms with Gasteiger partial charge in [0.1, 0.15) is 0 Å². The summed E-state index contributed by atoms with van der Waals surface area (Å²) in [5, 5.41) is 6.56. The molecule has 8 nitrogen and oxygen atoms in total. The van der Waals surface area contributed by atoms with E-state index in [1.165, 1.54) is 0 Å². The quantitative estimate of drug-likeness (QED) is 0.359. The summed E-state index contributed by atoms with van der Waals surface area (Å²) in [6, 6.07) is 3.77. The Bertz CT molecular complexity index is 678. The fourth-order valence-corrected chi connectivity index (χ4v) is 3.21. The van der Waals surface area contributed by atoms with Crippen LogP contribution in [0.4, 0.5) is 0 Å². The van der Waals surface area contributed by atoms with Crippen molar-refractivity contribution >= 4 is 11.9 Å². The zero-order valence-corrected chi connectivity index (χ0v) is 17.3. The van der Waals surface area contributed by atoms with Crippen LogP contribution in [-0.2, 0) is 11.3 Å². The van der Waals surface area contributed by atoms with E-state index in [0.29, 0.717) is 30.2 Å². The SMILES string of the molecule is CCNC(=NCc1ccc(OC)c(OC)c1OC)NCCCN1CCCC1=O. The lowest BCUT2D eigenvalue weighted by Crippen LogP contribution is -2.39. The highest BCUT2D eigenvalue weighted by Crippen LogP contribution is 2.39. The molecule has 2 rings (SSSR count). The first kappa shape index (κ1) is 21.7. The van der Waals surface area contributed by atoms with Gasteiger partial charge in [-0.05, 0) is 31.9 Å². The van der Waals surface area contributed by atoms with Crippen LogP contribution in [0.2, 0.25) is 0 Å². The number of aliphatic imine (C=N–C) groups is 1. The molecule has 1 aliphatic rings. The van der Waals surface area contributed by atoms with Crippen LogP contribution in [0.1, 0.15) is 31.7 Å². The number of nitrogens with one attached hydrogen (secondary N) is 2. The molecule has 1 aromatic rings. The van der Waals surface area contributed by atoms with E-state index in [0.717, 1.165) is 50.5 Å². The van der Waals surface area contributed by atoms with Gasteiger partial charge >= 0.3 is 0 Å². The first-order valence-corrected chi connectivity index (χ1v) is 9.72. The summed E-state index contributed by atoms with van der Waals surface area (Å²) in [6.07, 6.45) is 2.55. The molecule has 1 aromatic carbocycles. The highest BCUT2D eigenvalue weighted by Gasteiger charge is 2.19. The van der Waals surface area contributed by atoms with E-state index in [-0.39, 0.29) is 5.91 Å². The molecule has 0 atom stereocenters. The highest BCUT2D eigenvalue weighted by molar-refractivity contribution is 5.80. The van der Waals surface area contributed by atoms with Gasteiger partial charge in [0, 0.05) is 38.2 Å². The Morgan fingerprint density at radius 1 is 1.14 bits per heavy atom. The maximum Gasteiger partial charge on any atom is 0.222 e. The second-order valence-corrected chi connectivity index (χ2v) is 6.45. The van der Waals surface area contributed by atoms with Crippen LogP contribution in [0, 0.1) is 0 Å². The van der Waals surface area contributed by atoms with Crippen molar-refractivity contribution in [2.75, 3.05) is 47.5 Å². The maximum absolute atomic E-state index is 11.7. The average Bonchev–Trinajstić information content (AvgIpc) is 3.12. The largest absolute Gasteiger partial charge is 0.493 e. The van der Waals surface area contributed by atoms with Crippen molar-refractivity contribution in [2.24, 2.45) is 4.99 Å². The molecule has 1 saturated heterocycles. The number of benzene rings is 1. The number of carbonyl (C=O) groups excluding carboxylic acids is 1. The van der Waals surface area contributed by atoms with Crippen molar-refractivity contribution in [2.45, 2.75) is 32.7 Å². The predicted molar refractivity (Wildman–Crippen MR) is 109 cm³/mol. The first-order valence-electron chi connectivity index (χ1n) is 9.72. The Kier molecular flexibility index (Phi) is 8.71. The molecule has 2 N–H and O–H groups in total. The summed E-state index contributed by atoms with van der Waals surface area (Å²) in [5.41, 5.74) is 0.903. The Hall–Kier alpha value is -2.64. The first-order chi connectivity index (χ1) is 13.6. The molecule has 1 heterocycles. The van der Waals surface area contributed by atoms with E-state index in [4.69, 9.17) is 14.2 Å². The molecule has 0 unspecified atom stereocenters. The smallest absolute Gasteiger partial charge is 0.222 e. The number of guanidine groups is 1. The summed E-state index contributed by atoms with van der Waals surface area (Å²) < 4.78 is 16.3. The molecular formula is C20H32N4O4. The van der Waals surface area contributed by atoms with Crippen LogP contribution >= 0.6 is 0 Å². The normalized spacial score (nSPS) is 14.2. The van der Waals surface area contributed by atoms with E-state index >= 15 is 0 Å². The molecule has 0 radical (unpaired) electrons. The summed E-state index contributed by atoms with van der Waals surface area (Å²) in [4.78, 5) is 18.2. The summed E-state index contributed by atoms with van der Waals surface area (Å²) in [7, 11) is 4.79. The van der Waals surface area contributed by atoms with Gasteiger partial charge in [0.15, 0.2) is 17.5 Å². The molecule has 0 bridgehead atoms. The fourth-order valence-electron chi connectivity index (χ4n) is 3.21. The van der Waals surface area contributed by atoms with Gasteiger partial charge in [-0.1, -0.05) is 0 Å². The summed E-state index contributed by atoms with van der Waals surface area (Å²) >= 11 is 0. The summed E-state index contributed by atoms with van der Waals surface area (Å²) in [6.45, 7) is 5.64. The van der Waals surface area contributed by atoms with E-state index in [1.54, 1.807) is 21.3 Å². The number of carbonyl (C=O) groups is 1. The van der Waals surface area contributed by atoms with E-state index < -0.39 is 0 Å². The number of hydrogen-bond donors (Lipinski definition) is 2. The average molecular weight is 393 g/mol. The van der Waals surface area contributed by atoms with Crippen LogP contribution in [0.3, 0.4) is 0 Å². The van der Waals surface area contributed by atoms with Gasteiger partial charge in [-0.3, -0.25) is 4.79 Å². The Morgan fingerprint density at radius 2 is 1.93 bits per heavy atom. The molecule has 0 saturated carbocycles. The van der Waals surface area contributed by atoms with Gasteiger partial charge in [-0.2, -0.15) is 0 Å². The molecule has 0 spiro atoms. The summed E-state index contributed by atoms with van der Waals surface area (Å²) in [5.74, 6) is 2.79. The van der Waals surface area contributed by atoms with Gasteiger partial charge in [-0.15, -0.1) is 0 Å². The van der Waals surface area contributed by atoms with Crippen LogP contribution in [-0.4, -0.2) is 64.3 Å². The van der Waals surface area contributed by atoms with E-state index in [1.807, 2.05) is 24.0 Å². The second-order valence-electron chi connectivity index (χ2n) is 6.45. The van der Waals surface area contributed by atoms with Crippen molar-refractivity contribution in [3.05, 3.63) is 17.7 Å². The van der Waals surface area contributed by atoms with E-state index in [9.17, 15) is 4.79 Å². The zero-order valence-electron chi connectivity index (χ0n) is 17.3. The number of likely N-dealkylation sites (tertiary alicyclic amines) is 1. The number of methoxy groups -OCH3 is 3. The van der Waals surface area contributed by atoms with Crippen LogP contribution < -0.4 is 24.8 Å². The Morgan fingerprint density at radius 3 is 2.54 bits per heavy atom. The lowest BCUT2D eigenvalue weighted by molar-refractivity contribution is -0.127. The van der Waals surface area contributed by atoms with Gasteiger partial charge < -0.3 is 29.7 Å². The number of rotatable bonds is 10. The maximum atomic E-state index is 11.7. The lowest BCUT2D eigenvalue weighted by atomic mass is 10.1. The molecule has 156 valence electrons. The molecule has 1 amide bonds. The van der Waals surface area contributed by atoms with Gasteiger partial charge in [0.2, 0.25) is 11.7 Å². The molecule has 0 aromatic heterocycles. The minimum absolute atomic E-state index is 0.265. The Labute approximate surface area is 167 Å².